The largest absolute Gasteiger partial charge is 0.490 e. The molecule has 0 spiro atoms. The van der Waals surface area contributed by atoms with Crippen molar-refractivity contribution in [3.8, 4) is 0 Å². The molecular weight excluding hydrogens is 353 g/mol. The summed E-state index contributed by atoms with van der Waals surface area (Å²) in [5.74, 6) is -0.955. The van der Waals surface area contributed by atoms with Crippen LogP contribution in [0.4, 0.5) is 19.1 Å². The molecular formula is C16H21F3N4O3. The zero-order valence-corrected chi connectivity index (χ0v) is 14.1. The molecule has 10 heteroatoms. The van der Waals surface area contributed by atoms with Crippen LogP contribution in [0.2, 0.25) is 0 Å². The Morgan fingerprint density at radius 1 is 1.27 bits per heavy atom. The van der Waals surface area contributed by atoms with E-state index in [0.29, 0.717) is 12.1 Å². The van der Waals surface area contributed by atoms with Crippen LogP contribution in [-0.2, 0) is 9.53 Å². The highest BCUT2D eigenvalue weighted by Crippen LogP contribution is 2.33. The molecule has 3 aliphatic rings. The number of morpholine rings is 1. The molecule has 144 valence electrons. The van der Waals surface area contributed by atoms with Crippen molar-refractivity contribution in [2.24, 2.45) is 5.92 Å². The zero-order valence-electron chi connectivity index (χ0n) is 14.1. The van der Waals surface area contributed by atoms with E-state index in [1.807, 2.05) is 18.5 Å². The van der Waals surface area contributed by atoms with Crippen molar-refractivity contribution in [1.29, 1.82) is 0 Å². The number of rotatable bonds is 3. The number of hydrogen-bond acceptors (Lipinski definition) is 6. The van der Waals surface area contributed by atoms with Crippen LogP contribution in [0, 0.1) is 5.92 Å². The van der Waals surface area contributed by atoms with E-state index in [0.717, 1.165) is 38.1 Å². The summed E-state index contributed by atoms with van der Waals surface area (Å²) in [6, 6.07) is 2.30. The predicted molar refractivity (Wildman–Crippen MR) is 85.8 cm³/mol. The summed E-state index contributed by atoms with van der Waals surface area (Å²) in [7, 11) is 0. The maximum Gasteiger partial charge on any atom is 0.490 e. The second-order valence-corrected chi connectivity index (χ2v) is 6.68. The summed E-state index contributed by atoms with van der Waals surface area (Å²) < 4.78 is 37.7. The first-order valence-corrected chi connectivity index (χ1v) is 8.52. The van der Waals surface area contributed by atoms with E-state index in [1.165, 1.54) is 19.4 Å². The lowest BCUT2D eigenvalue weighted by Crippen LogP contribution is -2.51. The number of fused-ring (bicyclic) bond motifs is 1. The van der Waals surface area contributed by atoms with Gasteiger partial charge in [-0.2, -0.15) is 13.2 Å². The third-order valence-corrected chi connectivity index (χ3v) is 4.64. The molecule has 1 aromatic rings. The predicted octanol–water partition coefficient (Wildman–Crippen LogP) is 1.41. The van der Waals surface area contributed by atoms with Crippen molar-refractivity contribution in [3.63, 3.8) is 0 Å². The number of likely N-dealkylation sites (tertiary alicyclic amines) is 1. The van der Waals surface area contributed by atoms with Crippen molar-refractivity contribution in [2.45, 2.75) is 31.2 Å². The fourth-order valence-electron chi connectivity index (χ4n) is 3.27. The number of aliphatic carboxylic acids is 1. The first-order valence-electron chi connectivity index (χ1n) is 8.52. The van der Waals surface area contributed by atoms with Gasteiger partial charge in [0.2, 0.25) is 5.95 Å². The van der Waals surface area contributed by atoms with Crippen LogP contribution in [0.5, 0.6) is 0 Å². The Morgan fingerprint density at radius 2 is 1.92 bits per heavy atom. The van der Waals surface area contributed by atoms with Crippen LogP contribution < -0.4 is 4.90 Å². The van der Waals surface area contributed by atoms with Gasteiger partial charge in [-0.25, -0.2) is 14.8 Å². The number of aromatic nitrogens is 2. The number of anilines is 1. The van der Waals surface area contributed by atoms with Gasteiger partial charge in [-0.3, -0.25) is 4.90 Å². The Kier molecular flexibility index (Phi) is 5.61. The molecule has 0 bridgehead atoms. The minimum atomic E-state index is -5.08. The van der Waals surface area contributed by atoms with Gasteiger partial charge < -0.3 is 14.7 Å². The highest BCUT2D eigenvalue weighted by Gasteiger charge is 2.42. The molecule has 0 aromatic carbocycles. The smallest absolute Gasteiger partial charge is 0.475 e. The van der Waals surface area contributed by atoms with E-state index >= 15 is 0 Å². The fraction of sp³-hybridized carbons (Fsp3) is 0.688. The van der Waals surface area contributed by atoms with E-state index in [4.69, 9.17) is 14.6 Å². The van der Waals surface area contributed by atoms with E-state index in [9.17, 15) is 13.2 Å². The van der Waals surface area contributed by atoms with Crippen LogP contribution in [-0.4, -0.2) is 77.1 Å². The van der Waals surface area contributed by atoms with E-state index < -0.39 is 12.1 Å². The van der Waals surface area contributed by atoms with E-state index in [-0.39, 0.29) is 0 Å². The third kappa shape index (κ3) is 4.82. The number of alkyl halides is 3. The molecule has 1 saturated carbocycles. The molecule has 1 N–H and O–H groups in total. The Balaban J connectivity index is 0.000000242. The summed E-state index contributed by atoms with van der Waals surface area (Å²) in [5.41, 5.74) is 0. The summed E-state index contributed by atoms with van der Waals surface area (Å²) in [4.78, 5) is 22.6. The summed E-state index contributed by atoms with van der Waals surface area (Å²) >= 11 is 0. The normalized spacial score (nSPS) is 26.0. The molecule has 3 fully saturated rings. The fourth-order valence-corrected chi connectivity index (χ4v) is 3.27. The Hall–Kier alpha value is -1.94. The van der Waals surface area contributed by atoms with E-state index in [1.54, 1.807) is 0 Å². The molecule has 1 aliphatic carbocycles. The number of hydrogen-bond donors (Lipinski definition) is 1. The molecule has 0 unspecified atom stereocenters. The molecule has 26 heavy (non-hydrogen) atoms. The SMILES string of the molecule is O=C(O)C(F)(F)F.c1cnc(N2CCO[C@H]3CN(CC4CC4)C[C@H]32)nc1. The van der Waals surface area contributed by atoms with Crippen molar-refractivity contribution in [3.05, 3.63) is 18.5 Å². The highest BCUT2D eigenvalue weighted by molar-refractivity contribution is 5.73. The zero-order chi connectivity index (χ0) is 18.7. The standard InChI is InChI=1S/C14H20N4O.C2HF3O2/c1-4-15-14(16-5-1)18-6-7-19-13-10-17(9-12(13)18)8-11-2-3-11;3-2(4,5)1(6)7/h1,4-5,11-13H,2-3,6-10H2;(H,6,7)/t12-,13+;/m1./s1. The maximum absolute atomic E-state index is 10.6. The van der Waals surface area contributed by atoms with Crippen molar-refractivity contribution in [1.82, 2.24) is 14.9 Å². The first kappa shape index (κ1) is 18.8. The van der Waals surface area contributed by atoms with Crippen LogP contribution in [0.1, 0.15) is 12.8 Å². The number of carboxylic acid groups (broad SMARTS) is 1. The molecule has 4 rings (SSSR count). The van der Waals surface area contributed by atoms with Gasteiger partial charge in [0, 0.05) is 38.6 Å². The van der Waals surface area contributed by atoms with Crippen molar-refractivity contribution >= 4 is 11.9 Å². The molecule has 1 aromatic heterocycles. The highest BCUT2D eigenvalue weighted by atomic mass is 19.4. The molecule has 2 saturated heterocycles. The minimum Gasteiger partial charge on any atom is -0.475 e. The van der Waals surface area contributed by atoms with Gasteiger partial charge in [-0.1, -0.05) is 0 Å². The van der Waals surface area contributed by atoms with Gasteiger partial charge in [0.1, 0.15) is 0 Å². The Morgan fingerprint density at radius 3 is 2.50 bits per heavy atom. The molecule has 7 nitrogen and oxygen atoms in total. The van der Waals surface area contributed by atoms with Crippen molar-refractivity contribution in [2.75, 3.05) is 37.7 Å². The number of halogens is 3. The van der Waals surface area contributed by atoms with Gasteiger partial charge in [-0.05, 0) is 24.8 Å². The summed E-state index contributed by atoms with van der Waals surface area (Å²) in [6.07, 6.45) is 1.72. The minimum absolute atomic E-state index is 0.330. The number of carboxylic acids is 1. The first-order chi connectivity index (χ1) is 12.3. The molecule has 2 atom stereocenters. The maximum atomic E-state index is 10.6. The average molecular weight is 374 g/mol. The molecule has 0 radical (unpaired) electrons. The lowest BCUT2D eigenvalue weighted by molar-refractivity contribution is -0.192. The van der Waals surface area contributed by atoms with Crippen LogP contribution >= 0.6 is 0 Å². The van der Waals surface area contributed by atoms with Crippen LogP contribution in [0.15, 0.2) is 18.5 Å². The number of ether oxygens (including phenoxy) is 1. The lowest BCUT2D eigenvalue weighted by atomic mass is 10.1. The number of carbonyl (C=O) groups is 1. The van der Waals surface area contributed by atoms with Crippen molar-refractivity contribution < 1.29 is 27.8 Å². The quantitative estimate of drug-likeness (QED) is 0.857. The third-order valence-electron chi connectivity index (χ3n) is 4.64. The average Bonchev–Trinajstić information content (AvgIpc) is 3.31. The lowest BCUT2D eigenvalue weighted by Gasteiger charge is -2.36. The van der Waals surface area contributed by atoms with Gasteiger partial charge in [0.25, 0.3) is 0 Å². The molecule has 3 heterocycles. The molecule has 0 amide bonds. The van der Waals surface area contributed by atoms with E-state index in [2.05, 4.69) is 19.8 Å². The van der Waals surface area contributed by atoms with Gasteiger partial charge in [0.15, 0.2) is 0 Å². The molecule has 2 aliphatic heterocycles. The van der Waals surface area contributed by atoms with Gasteiger partial charge in [-0.15, -0.1) is 0 Å². The second kappa shape index (κ2) is 7.75. The Labute approximate surface area is 148 Å². The Bertz CT molecular complexity index is 613. The van der Waals surface area contributed by atoms with Crippen LogP contribution in [0.25, 0.3) is 0 Å². The topological polar surface area (TPSA) is 78.8 Å². The van der Waals surface area contributed by atoms with Gasteiger partial charge in [0.05, 0.1) is 18.8 Å². The van der Waals surface area contributed by atoms with Gasteiger partial charge >= 0.3 is 12.1 Å². The monoisotopic (exact) mass is 374 g/mol. The second-order valence-electron chi connectivity index (χ2n) is 6.68. The van der Waals surface area contributed by atoms with Crippen LogP contribution in [0.3, 0.4) is 0 Å². The summed E-state index contributed by atoms with van der Waals surface area (Å²) in [6.45, 7) is 5.11. The number of nitrogens with zero attached hydrogens (tertiary/aromatic N) is 4. The summed E-state index contributed by atoms with van der Waals surface area (Å²) in [5, 5.41) is 7.12.